The van der Waals surface area contributed by atoms with Crippen LogP contribution in [0.2, 0.25) is 0 Å². The highest BCUT2D eigenvalue weighted by molar-refractivity contribution is 7.99. The van der Waals surface area contributed by atoms with Gasteiger partial charge in [-0.15, -0.1) is 11.8 Å². The molecule has 30 heavy (non-hydrogen) atoms. The number of nitrogens with two attached hydrogens (primary N) is 1. The summed E-state index contributed by atoms with van der Waals surface area (Å²) in [4.78, 5) is 16.8. The molecule has 2 aliphatic heterocycles. The summed E-state index contributed by atoms with van der Waals surface area (Å²) in [6.07, 6.45) is 7.19. The fourth-order valence-corrected chi connectivity index (χ4v) is 5.46. The van der Waals surface area contributed by atoms with Gasteiger partial charge >= 0.3 is 0 Å². The zero-order chi connectivity index (χ0) is 20.8. The Hall–Kier alpha value is -1.83. The van der Waals surface area contributed by atoms with E-state index in [1.54, 1.807) is 0 Å². The lowest BCUT2D eigenvalue weighted by Crippen LogP contribution is -2.42. The first-order chi connectivity index (χ1) is 14.7. The zero-order valence-corrected chi connectivity index (χ0v) is 18.5. The first-order valence-corrected chi connectivity index (χ1v) is 12.3. The van der Waals surface area contributed by atoms with Crippen molar-refractivity contribution in [2.45, 2.75) is 44.1 Å². The predicted octanol–water partition coefficient (Wildman–Crippen LogP) is 3.08. The smallest absolute Gasteiger partial charge is 0.240 e. The molecule has 0 aliphatic carbocycles. The molecule has 0 bridgehead atoms. The van der Waals surface area contributed by atoms with Gasteiger partial charge < -0.3 is 15.5 Å². The second-order valence-electron chi connectivity index (χ2n) is 8.36. The molecule has 3 heterocycles. The summed E-state index contributed by atoms with van der Waals surface area (Å²) in [5.74, 6) is 2.55. The standard InChI is InChI=1S/C23H33N5OS/c24-21(23(29)27-16-17-30-18-27)8-4-5-13-26-14-10-19(11-15-26)22-9-12-25-28(22)20-6-2-1-3-7-20/h1-3,6-7,9,12,19,21H,4-5,8,10-11,13-18,24H2. The van der Waals surface area contributed by atoms with E-state index in [0.29, 0.717) is 5.92 Å². The number of likely N-dealkylation sites (tertiary alicyclic amines) is 1. The summed E-state index contributed by atoms with van der Waals surface area (Å²) in [6.45, 7) is 4.21. The lowest BCUT2D eigenvalue weighted by Gasteiger charge is -2.32. The number of carbonyl (C=O) groups is 1. The van der Waals surface area contributed by atoms with Crippen molar-refractivity contribution in [1.29, 1.82) is 0 Å². The molecular formula is C23H33N5OS. The van der Waals surface area contributed by atoms with E-state index < -0.39 is 0 Å². The number of nitrogens with zero attached hydrogens (tertiary/aromatic N) is 4. The van der Waals surface area contributed by atoms with E-state index in [4.69, 9.17) is 5.73 Å². The second kappa shape index (κ2) is 10.5. The lowest BCUT2D eigenvalue weighted by molar-refractivity contribution is -0.131. The molecule has 7 heteroatoms. The van der Waals surface area contributed by atoms with Gasteiger partial charge in [-0.1, -0.05) is 24.6 Å². The van der Waals surface area contributed by atoms with Crippen molar-refractivity contribution in [1.82, 2.24) is 19.6 Å². The van der Waals surface area contributed by atoms with E-state index >= 15 is 0 Å². The minimum absolute atomic E-state index is 0.135. The molecule has 0 radical (unpaired) electrons. The molecule has 6 nitrogen and oxygen atoms in total. The van der Waals surface area contributed by atoms with Gasteiger partial charge in [0.15, 0.2) is 0 Å². The van der Waals surface area contributed by atoms with Crippen LogP contribution in [-0.4, -0.2) is 69.3 Å². The molecule has 162 valence electrons. The molecule has 2 aromatic rings. The Balaban J connectivity index is 1.18. The van der Waals surface area contributed by atoms with Gasteiger partial charge in [-0.3, -0.25) is 4.79 Å². The fourth-order valence-electron chi connectivity index (χ4n) is 4.51. The molecule has 2 fully saturated rings. The molecule has 1 unspecified atom stereocenters. The maximum atomic E-state index is 12.3. The quantitative estimate of drug-likeness (QED) is 0.656. The van der Waals surface area contributed by atoms with Crippen LogP contribution in [-0.2, 0) is 4.79 Å². The van der Waals surface area contributed by atoms with Crippen LogP contribution in [0.1, 0.15) is 43.7 Å². The summed E-state index contributed by atoms with van der Waals surface area (Å²) >= 11 is 1.81. The first-order valence-electron chi connectivity index (χ1n) is 11.2. The van der Waals surface area contributed by atoms with Crippen LogP contribution in [0.5, 0.6) is 0 Å². The van der Waals surface area contributed by atoms with Gasteiger partial charge in [0.25, 0.3) is 0 Å². The third-order valence-electron chi connectivity index (χ3n) is 6.30. The average Bonchev–Trinajstić information content (AvgIpc) is 3.49. The largest absolute Gasteiger partial charge is 0.331 e. The second-order valence-corrected chi connectivity index (χ2v) is 9.44. The molecule has 0 saturated carbocycles. The van der Waals surface area contributed by atoms with Crippen molar-refractivity contribution >= 4 is 17.7 Å². The number of benzene rings is 1. The molecular weight excluding hydrogens is 394 g/mol. The molecule has 2 N–H and O–H groups in total. The number of hydrogen-bond acceptors (Lipinski definition) is 5. The minimum atomic E-state index is -0.326. The van der Waals surface area contributed by atoms with Gasteiger partial charge in [-0.25, -0.2) is 4.68 Å². The highest BCUT2D eigenvalue weighted by Crippen LogP contribution is 2.29. The molecule has 1 atom stereocenters. The predicted molar refractivity (Wildman–Crippen MR) is 123 cm³/mol. The number of carbonyl (C=O) groups excluding carboxylic acids is 1. The van der Waals surface area contributed by atoms with Crippen molar-refractivity contribution in [2.24, 2.45) is 5.73 Å². The molecule has 2 saturated heterocycles. The third kappa shape index (κ3) is 5.25. The van der Waals surface area contributed by atoms with Crippen LogP contribution in [0.25, 0.3) is 5.69 Å². The summed E-state index contributed by atoms with van der Waals surface area (Å²) in [6, 6.07) is 12.2. The van der Waals surface area contributed by atoms with E-state index in [9.17, 15) is 4.79 Å². The Morgan fingerprint density at radius 3 is 2.67 bits per heavy atom. The van der Waals surface area contributed by atoms with Crippen molar-refractivity contribution in [2.75, 3.05) is 37.8 Å². The van der Waals surface area contributed by atoms with Crippen LogP contribution in [0, 0.1) is 0 Å². The topological polar surface area (TPSA) is 67.4 Å². The van der Waals surface area contributed by atoms with Gasteiger partial charge in [0.2, 0.25) is 5.91 Å². The van der Waals surface area contributed by atoms with Gasteiger partial charge in [-0.05, 0) is 63.5 Å². The normalized spacial score (nSPS) is 19.3. The van der Waals surface area contributed by atoms with E-state index in [1.165, 1.54) is 18.5 Å². The van der Waals surface area contributed by atoms with Crippen LogP contribution < -0.4 is 5.73 Å². The maximum Gasteiger partial charge on any atom is 0.240 e. The monoisotopic (exact) mass is 427 g/mol. The number of unbranched alkanes of at least 4 members (excludes halogenated alkanes) is 1. The Morgan fingerprint density at radius 2 is 1.93 bits per heavy atom. The molecule has 1 amide bonds. The average molecular weight is 428 g/mol. The van der Waals surface area contributed by atoms with Crippen molar-refractivity contribution in [3.8, 4) is 5.69 Å². The first kappa shape index (κ1) is 21.4. The van der Waals surface area contributed by atoms with E-state index in [-0.39, 0.29) is 11.9 Å². The zero-order valence-electron chi connectivity index (χ0n) is 17.7. The van der Waals surface area contributed by atoms with Crippen molar-refractivity contribution < 1.29 is 4.79 Å². The van der Waals surface area contributed by atoms with Crippen LogP contribution in [0.3, 0.4) is 0 Å². The van der Waals surface area contributed by atoms with Gasteiger partial charge in [-0.2, -0.15) is 5.10 Å². The highest BCUT2D eigenvalue weighted by Gasteiger charge is 2.25. The number of aromatic nitrogens is 2. The van der Waals surface area contributed by atoms with Crippen LogP contribution in [0.4, 0.5) is 0 Å². The number of hydrogen-bond donors (Lipinski definition) is 1. The molecule has 1 aromatic carbocycles. The van der Waals surface area contributed by atoms with Gasteiger partial charge in [0.05, 0.1) is 17.6 Å². The number of piperidine rings is 1. The number of amides is 1. The Labute approximate surface area is 183 Å². The van der Waals surface area contributed by atoms with Gasteiger partial charge in [0.1, 0.15) is 0 Å². The molecule has 0 spiro atoms. The Bertz CT molecular complexity index is 797. The number of thioether (sulfide) groups is 1. The van der Waals surface area contributed by atoms with E-state index in [2.05, 4.69) is 45.0 Å². The third-order valence-corrected chi connectivity index (χ3v) is 7.27. The summed E-state index contributed by atoms with van der Waals surface area (Å²) in [5, 5.41) is 4.56. The van der Waals surface area contributed by atoms with Crippen LogP contribution >= 0.6 is 11.8 Å². The molecule has 4 rings (SSSR count). The Morgan fingerprint density at radius 1 is 1.13 bits per heavy atom. The van der Waals surface area contributed by atoms with Crippen molar-refractivity contribution in [3.05, 3.63) is 48.3 Å². The number of para-hydroxylation sites is 1. The van der Waals surface area contributed by atoms with Crippen molar-refractivity contribution in [3.63, 3.8) is 0 Å². The SMILES string of the molecule is NC(CCCCN1CCC(c2ccnn2-c2ccccc2)CC1)C(=O)N1CCSC1. The summed E-state index contributed by atoms with van der Waals surface area (Å²) in [7, 11) is 0. The Kier molecular flexibility index (Phi) is 7.47. The summed E-state index contributed by atoms with van der Waals surface area (Å²) in [5.41, 5.74) is 8.59. The molecule has 2 aliphatic rings. The highest BCUT2D eigenvalue weighted by atomic mass is 32.2. The summed E-state index contributed by atoms with van der Waals surface area (Å²) < 4.78 is 2.09. The van der Waals surface area contributed by atoms with Crippen LogP contribution in [0.15, 0.2) is 42.6 Å². The molecule has 1 aromatic heterocycles. The van der Waals surface area contributed by atoms with E-state index in [1.807, 2.05) is 28.9 Å². The maximum absolute atomic E-state index is 12.3. The fraction of sp³-hybridized carbons (Fsp3) is 0.565. The van der Waals surface area contributed by atoms with E-state index in [0.717, 1.165) is 62.8 Å². The number of rotatable bonds is 8. The van der Waals surface area contributed by atoms with Gasteiger partial charge in [0, 0.05) is 30.1 Å². The lowest BCUT2D eigenvalue weighted by atomic mass is 9.93. The minimum Gasteiger partial charge on any atom is -0.331 e.